The van der Waals surface area contributed by atoms with Gasteiger partial charge in [-0.05, 0) is 30.7 Å². The zero-order chi connectivity index (χ0) is 23.5. The molecule has 10 heteroatoms. The van der Waals surface area contributed by atoms with Crippen LogP contribution in [0.4, 0.5) is 5.69 Å². The molecule has 3 aromatic rings. The highest BCUT2D eigenvalue weighted by Gasteiger charge is 2.40. The molecule has 1 saturated heterocycles. The first kappa shape index (κ1) is 22.8. The van der Waals surface area contributed by atoms with Crippen molar-refractivity contribution >= 4 is 34.0 Å². The normalized spacial score (nSPS) is 22.1. The SMILES string of the molecule is COCCNC(=O)c1cnc(-c2cnc3[nH]ccc3c2NC2C[C@@H]3CN(CCC#N)C[C@@H]3C2)s1. The highest BCUT2D eigenvalue weighted by Crippen LogP contribution is 2.42. The molecule has 1 unspecified atom stereocenters. The predicted molar refractivity (Wildman–Crippen MR) is 132 cm³/mol. The molecule has 178 valence electrons. The number of rotatable bonds is 9. The van der Waals surface area contributed by atoms with Crippen molar-refractivity contribution in [2.75, 3.05) is 45.2 Å². The van der Waals surface area contributed by atoms with Crippen LogP contribution >= 0.6 is 11.3 Å². The van der Waals surface area contributed by atoms with E-state index in [0.717, 1.165) is 59.8 Å². The van der Waals surface area contributed by atoms with Gasteiger partial charge in [-0.2, -0.15) is 5.26 Å². The summed E-state index contributed by atoms with van der Waals surface area (Å²) >= 11 is 1.37. The van der Waals surface area contributed by atoms with Gasteiger partial charge in [-0.15, -0.1) is 11.3 Å². The van der Waals surface area contributed by atoms with E-state index < -0.39 is 0 Å². The number of hydrogen-bond acceptors (Lipinski definition) is 8. The van der Waals surface area contributed by atoms with E-state index in [1.807, 2.05) is 18.5 Å². The van der Waals surface area contributed by atoms with Crippen molar-refractivity contribution in [2.45, 2.75) is 25.3 Å². The molecule has 1 aliphatic heterocycles. The number of nitrogens with zero attached hydrogens (tertiary/aromatic N) is 4. The molecule has 1 aliphatic carbocycles. The number of fused-ring (bicyclic) bond motifs is 2. The number of H-pyrrole nitrogens is 1. The minimum absolute atomic E-state index is 0.143. The maximum Gasteiger partial charge on any atom is 0.263 e. The van der Waals surface area contributed by atoms with Gasteiger partial charge < -0.3 is 25.3 Å². The van der Waals surface area contributed by atoms with Crippen molar-refractivity contribution in [3.63, 3.8) is 0 Å². The second kappa shape index (κ2) is 10.1. The van der Waals surface area contributed by atoms with Gasteiger partial charge in [0.15, 0.2) is 0 Å². The van der Waals surface area contributed by atoms with Gasteiger partial charge >= 0.3 is 0 Å². The van der Waals surface area contributed by atoms with E-state index in [9.17, 15) is 4.79 Å². The molecule has 1 amide bonds. The van der Waals surface area contributed by atoms with Crippen LogP contribution in [-0.4, -0.2) is 71.7 Å². The lowest BCUT2D eigenvalue weighted by molar-refractivity contribution is 0.0941. The van der Waals surface area contributed by atoms with Crippen LogP contribution in [0.3, 0.4) is 0 Å². The average molecular weight is 480 g/mol. The summed E-state index contributed by atoms with van der Waals surface area (Å²) in [6.07, 6.45) is 8.21. The van der Waals surface area contributed by atoms with Crippen LogP contribution in [0.25, 0.3) is 21.6 Å². The number of thiazole rings is 1. The van der Waals surface area contributed by atoms with Crippen LogP contribution in [0.2, 0.25) is 0 Å². The molecule has 0 aromatic carbocycles. The summed E-state index contributed by atoms with van der Waals surface area (Å²) in [7, 11) is 1.61. The molecule has 0 spiro atoms. The molecule has 2 fully saturated rings. The Morgan fingerprint density at radius 2 is 2.15 bits per heavy atom. The van der Waals surface area contributed by atoms with E-state index in [0.29, 0.717) is 42.3 Å². The molecule has 5 rings (SSSR count). The zero-order valence-electron chi connectivity index (χ0n) is 19.2. The van der Waals surface area contributed by atoms with E-state index >= 15 is 0 Å². The fraction of sp³-hybridized carbons (Fsp3) is 0.500. The molecule has 3 N–H and O–H groups in total. The summed E-state index contributed by atoms with van der Waals surface area (Å²) in [5.74, 6) is 1.20. The third-order valence-corrected chi connectivity index (χ3v) is 7.88. The van der Waals surface area contributed by atoms with E-state index in [2.05, 4.69) is 36.6 Å². The minimum Gasteiger partial charge on any atom is -0.383 e. The molecule has 0 radical (unpaired) electrons. The zero-order valence-corrected chi connectivity index (χ0v) is 20.0. The summed E-state index contributed by atoms with van der Waals surface area (Å²) in [6.45, 7) is 3.98. The summed E-state index contributed by atoms with van der Waals surface area (Å²) in [4.78, 5) is 27.8. The third kappa shape index (κ3) is 4.64. The number of carbonyl (C=O) groups is 1. The Kier molecular flexibility index (Phi) is 6.76. The maximum atomic E-state index is 12.4. The Morgan fingerprint density at radius 3 is 2.91 bits per heavy atom. The molecular formula is C24H29N7O2S. The minimum atomic E-state index is -0.143. The molecule has 4 heterocycles. The summed E-state index contributed by atoms with van der Waals surface area (Å²) < 4.78 is 5.00. The number of anilines is 1. The second-order valence-electron chi connectivity index (χ2n) is 9.07. The lowest BCUT2D eigenvalue weighted by Crippen LogP contribution is -2.26. The molecule has 0 bridgehead atoms. The predicted octanol–water partition coefficient (Wildman–Crippen LogP) is 3.10. The van der Waals surface area contributed by atoms with Crippen LogP contribution in [0, 0.1) is 23.2 Å². The van der Waals surface area contributed by atoms with Crippen LogP contribution in [0.15, 0.2) is 24.7 Å². The molecular weight excluding hydrogens is 450 g/mol. The number of ether oxygens (including phenoxy) is 1. The van der Waals surface area contributed by atoms with Crippen molar-refractivity contribution in [2.24, 2.45) is 11.8 Å². The second-order valence-corrected chi connectivity index (χ2v) is 10.1. The number of methoxy groups -OCH3 is 1. The topological polar surface area (TPSA) is 119 Å². The van der Waals surface area contributed by atoms with E-state index in [1.165, 1.54) is 11.3 Å². The van der Waals surface area contributed by atoms with Crippen molar-refractivity contribution in [3.05, 3.63) is 29.5 Å². The first-order valence-corrected chi connectivity index (χ1v) is 12.5. The largest absolute Gasteiger partial charge is 0.383 e. The Hall–Kier alpha value is -3.00. The van der Waals surface area contributed by atoms with Crippen LogP contribution < -0.4 is 10.6 Å². The van der Waals surface area contributed by atoms with Crippen molar-refractivity contribution in [1.82, 2.24) is 25.2 Å². The molecule has 3 atom stereocenters. The van der Waals surface area contributed by atoms with Gasteiger partial charge in [-0.1, -0.05) is 0 Å². The smallest absolute Gasteiger partial charge is 0.263 e. The maximum absolute atomic E-state index is 12.4. The lowest BCUT2D eigenvalue weighted by atomic mass is 10.0. The third-order valence-electron chi connectivity index (χ3n) is 6.85. The molecule has 3 aromatic heterocycles. The van der Waals surface area contributed by atoms with E-state index in [4.69, 9.17) is 10.00 Å². The first-order valence-electron chi connectivity index (χ1n) is 11.7. The van der Waals surface area contributed by atoms with E-state index in [1.54, 1.807) is 13.3 Å². The first-order chi connectivity index (χ1) is 16.7. The van der Waals surface area contributed by atoms with Crippen LogP contribution in [0.5, 0.6) is 0 Å². The highest BCUT2D eigenvalue weighted by molar-refractivity contribution is 7.17. The summed E-state index contributed by atoms with van der Waals surface area (Å²) in [6, 6.07) is 4.68. The number of nitriles is 1. The van der Waals surface area contributed by atoms with Gasteiger partial charge in [-0.25, -0.2) is 9.97 Å². The number of pyridine rings is 1. The Bertz CT molecular complexity index is 1190. The number of hydrogen-bond donors (Lipinski definition) is 3. The van der Waals surface area contributed by atoms with Gasteiger partial charge in [-0.3, -0.25) is 4.79 Å². The van der Waals surface area contributed by atoms with E-state index in [-0.39, 0.29) is 5.91 Å². The number of amides is 1. The van der Waals surface area contributed by atoms with Crippen LogP contribution in [-0.2, 0) is 4.74 Å². The number of carbonyl (C=O) groups excluding carboxylic acids is 1. The molecule has 2 aliphatic rings. The van der Waals surface area contributed by atoms with Gasteiger partial charge in [0, 0.05) is 63.5 Å². The fourth-order valence-electron chi connectivity index (χ4n) is 5.29. The van der Waals surface area contributed by atoms with Crippen LogP contribution in [0.1, 0.15) is 28.9 Å². The van der Waals surface area contributed by atoms with Gasteiger partial charge in [0.05, 0.1) is 30.1 Å². The van der Waals surface area contributed by atoms with Crippen molar-refractivity contribution in [1.29, 1.82) is 5.26 Å². The van der Waals surface area contributed by atoms with Gasteiger partial charge in [0.2, 0.25) is 0 Å². The highest BCUT2D eigenvalue weighted by atomic mass is 32.1. The average Bonchev–Trinajstić information content (AvgIpc) is 3.61. The monoisotopic (exact) mass is 479 g/mol. The van der Waals surface area contributed by atoms with Gasteiger partial charge in [0.25, 0.3) is 5.91 Å². The molecule has 1 saturated carbocycles. The Balaban J connectivity index is 1.34. The molecule has 34 heavy (non-hydrogen) atoms. The lowest BCUT2D eigenvalue weighted by Gasteiger charge is -2.21. The number of aromatic nitrogens is 3. The number of aromatic amines is 1. The quantitative estimate of drug-likeness (QED) is 0.404. The van der Waals surface area contributed by atoms with Crippen molar-refractivity contribution < 1.29 is 9.53 Å². The van der Waals surface area contributed by atoms with Gasteiger partial charge in [0.1, 0.15) is 15.5 Å². The Morgan fingerprint density at radius 1 is 1.32 bits per heavy atom. The van der Waals surface area contributed by atoms with Crippen molar-refractivity contribution in [3.8, 4) is 16.6 Å². The Labute approximate surface area is 202 Å². The summed E-state index contributed by atoms with van der Waals surface area (Å²) in [5, 5.41) is 17.4. The summed E-state index contributed by atoms with van der Waals surface area (Å²) in [5.41, 5.74) is 2.78. The standard InChI is InChI=1S/C24H29N7O2S/c1-33-8-6-27-23(32)20-12-29-24(34-20)19-11-28-22-18(3-5-26-22)21(19)30-17-9-15-13-31(7-2-4-25)14-16(15)10-17/h3,5,11-12,15-17H,2,6-10,13-14H2,1H3,(H,27,32)(H2,26,28,30)/t15-,16+,17?. The molecule has 9 nitrogen and oxygen atoms in total. The fourth-order valence-corrected chi connectivity index (χ4v) is 6.14. The number of likely N-dealkylation sites (tertiary alicyclic amines) is 1. The number of nitrogens with one attached hydrogen (secondary N) is 3.